The highest BCUT2D eigenvalue weighted by Crippen LogP contribution is 2.39. The number of piperidine rings is 1. The van der Waals surface area contributed by atoms with Crippen LogP contribution in [-0.4, -0.2) is 58.0 Å². The fourth-order valence-corrected chi connectivity index (χ4v) is 4.20. The maximum Gasteiger partial charge on any atom is 0.222 e. The predicted octanol–water partition coefficient (Wildman–Crippen LogP) is 2.29. The van der Waals surface area contributed by atoms with E-state index in [1.807, 2.05) is 23.1 Å². The number of carbonyl (C=O) groups excluding carboxylic acids is 1. The summed E-state index contributed by atoms with van der Waals surface area (Å²) < 4.78 is 5.88. The third-order valence-corrected chi connectivity index (χ3v) is 6.00. The number of carbonyl (C=O) groups is 1. The average Bonchev–Trinajstić information content (AvgIpc) is 2.64. The first-order valence-electron chi connectivity index (χ1n) is 9.79. The number of amides is 1. The molecule has 144 valence electrons. The number of hydrogen-bond donors (Lipinski definition) is 2. The molecule has 0 aromatic heterocycles. The Hall–Kier alpha value is -1.43. The number of nitrogens with zero attached hydrogens (tertiary/aromatic N) is 1. The molecular weight excluding hydrogens is 330 g/mol. The molecule has 5 heteroatoms. The quantitative estimate of drug-likeness (QED) is 0.790. The Labute approximate surface area is 156 Å². The first kappa shape index (κ1) is 19.3. The lowest BCUT2D eigenvalue weighted by atomic mass is 9.75. The molecule has 0 aliphatic carbocycles. The van der Waals surface area contributed by atoms with Crippen LogP contribution in [0.5, 0.6) is 0 Å². The maximum atomic E-state index is 12.5. The fraction of sp³-hybridized carbons (Fsp3) is 0.667. The third kappa shape index (κ3) is 4.27. The monoisotopic (exact) mass is 361 g/mol. The van der Waals surface area contributed by atoms with E-state index in [4.69, 9.17) is 4.74 Å². The molecule has 0 unspecified atom stereocenters. The third-order valence-electron chi connectivity index (χ3n) is 6.00. The molecular formula is C21H31NO4. The Kier molecular flexibility index (Phi) is 6.00. The van der Waals surface area contributed by atoms with E-state index in [2.05, 4.69) is 12.1 Å². The fourth-order valence-electron chi connectivity index (χ4n) is 4.20. The van der Waals surface area contributed by atoms with Crippen molar-refractivity contribution in [3.05, 3.63) is 35.9 Å². The van der Waals surface area contributed by atoms with Gasteiger partial charge in [0.15, 0.2) is 0 Å². The molecule has 0 saturated carbocycles. The number of aliphatic hydroxyl groups is 2. The van der Waals surface area contributed by atoms with Gasteiger partial charge in [-0.05, 0) is 44.6 Å². The summed E-state index contributed by atoms with van der Waals surface area (Å²) in [5, 5.41) is 20.9. The zero-order valence-corrected chi connectivity index (χ0v) is 15.7. The Morgan fingerprint density at radius 3 is 2.58 bits per heavy atom. The molecule has 2 aliphatic rings. The van der Waals surface area contributed by atoms with E-state index in [1.54, 1.807) is 6.92 Å². The molecule has 0 bridgehead atoms. The lowest BCUT2D eigenvalue weighted by Crippen LogP contribution is -2.64. The van der Waals surface area contributed by atoms with Gasteiger partial charge >= 0.3 is 0 Å². The molecule has 2 atom stereocenters. The van der Waals surface area contributed by atoms with Crippen LogP contribution in [-0.2, 0) is 16.0 Å². The minimum Gasteiger partial charge on any atom is -0.387 e. The Balaban J connectivity index is 1.42. The van der Waals surface area contributed by atoms with Crippen LogP contribution in [0.3, 0.4) is 0 Å². The van der Waals surface area contributed by atoms with Crippen LogP contribution < -0.4 is 0 Å². The molecule has 2 heterocycles. The molecule has 26 heavy (non-hydrogen) atoms. The number of aryl methyl sites for hydroxylation is 1. The topological polar surface area (TPSA) is 70.0 Å². The van der Waals surface area contributed by atoms with Crippen LogP contribution in [0.15, 0.2) is 30.3 Å². The molecule has 1 spiro atoms. The number of aliphatic hydroxyl groups excluding tert-OH is 1. The van der Waals surface area contributed by atoms with Crippen molar-refractivity contribution in [1.82, 2.24) is 4.90 Å². The minimum atomic E-state index is -1.11. The number of benzene rings is 1. The van der Waals surface area contributed by atoms with Crippen LogP contribution in [0.2, 0.25) is 0 Å². The molecule has 3 rings (SSSR count). The van der Waals surface area contributed by atoms with Gasteiger partial charge in [0.1, 0.15) is 11.7 Å². The summed E-state index contributed by atoms with van der Waals surface area (Å²) in [6, 6.07) is 10.3. The van der Waals surface area contributed by atoms with Crippen LogP contribution in [0.25, 0.3) is 0 Å². The average molecular weight is 361 g/mol. The van der Waals surface area contributed by atoms with Crippen LogP contribution in [0.1, 0.15) is 51.0 Å². The summed E-state index contributed by atoms with van der Waals surface area (Å²) in [4.78, 5) is 14.3. The van der Waals surface area contributed by atoms with E-state index in [9.17, 15) is 15.0 Å². The maximum absolute atomic E-state index is 12.5. The Morgan fingerprint density at radius 2 is 1.88 bits per heavy atom. The summed E-state index contributed by atoms with van der Waals surface area (Å²) in [5.41, 5.74) is -0.497. The standard InChI is InChI=1S/C21H31NO4/c1-20(25)13-16-26-21(19(20)24)11-14-22(15-12-21)18(23)10-6-5-9-17-7-3-2-4-8-17/h2-4,7-8,19,24-25H,5-6,9-16H2,1H3/t19-,20+/m0/s1. The van der Waals surface area contributed by atoms with Gasteiger partial charge in [0, 0.05) is 25.9 Å². The van der Waals surface area contributed by atoms with Crippen LogP contribution >= 0.6 is 0 Å². The van der Waals surface area contributed by atoms with E-state index >= 15 is 0 Å². The lowest BCUT2D eigenvalue weighted by molar-refractivity contribution is -0.245. The molecule has 2 aliphatic heterocycles. The zero-order chi connectivity index (χ0) is 18.6. The van der Waals surface area contributed by atoms with Crippen LogP contribution in [0.4, 0.5) is 0 Å². The first-order chi connectivity index (χ1) is 12.4. The molecule has 1 aromatic rings. The Morgan fingerprint density at radius 1 is 1.19 bits per heavy atom. The molecule has 5 nitrogen and oxygen atoms in total. The van der Waals surface area contributed by atoms with Gasteiger partial charge in [-0.2, -0.15) is 0 Å². The number of likely N-dealkylation sites (tertiary alicyclic amines) is 1. The molecule has 2 saturated heterocycles. The van der Waals surface area contributed by atoms with Crippen molar-refractivity contribution in [3.8, 4) is 0 Å². The van der Waals surface area contributed by atoms with Gasteiger partial charge in [-0.15, -0.1) is 0 Å². The molecule has 1 amide bonds. The van der Waals surface area contributed by atoms with Gasteiger partial charge in [-0.1, -0.05) is 30.3 Å². The molecule has 2 fully saturated rings. The molecule has 0 radical (unpaired) electrons. The largest absolute Gasteiger partial charge is 0.387 e. The number of rotatable bonds is 5. The van der Waals surface area contributed by atoms with E-state index in [0.717, 1.165) is 19.3 Å². The highest BCUT2D eigenvalue weighted by Gasteiger charge is 2.52. The van der Waals surface area contributed by atoms with Crippen molar-refractivity contribution in [1.29, 1.82) is 0 Å². The zero-order valence-electron chi connectivity index (χ0n) is 15.7. The second kappa shape index (κ2) is 8.07. The summed E-state index contributed by atoms with van der Waals surface area (Å²) in [6.07, 6.45) is 4.20. The molecule has 2 N–H and O–H groups in total. The number of hydrogen-bond acceptors (Lipinski definition) is 4. The van der Waals surface area contributed by atoms with Crippen molar-refractivity contribution in [3.63, 3.8) is 0 Å². The van der Waals surface area contributed by atoms with Crippen molar-refractivity contribution in [2.45, 2.75) is 69.2 Å². The second-order valence-electron chi connectivity index (χ2n) is 8.00. The number of ether oxygens (including phenoxy) is 1. The Bertz CT molecular complexity index is 593. The normalized spacial score (nSPS) is 28.3. The van der Waals surface area contributed by atoms with E-state index in [1.165, 1.54) is 5.56 Å². The summed E-state index contributed by atoms with van der Waals surface area (Å²) >= 11 is 0. The van der Waals surface area contributed by atoms with E-state index in [0.29, 0.717) is 45.4 Å². The van der Waals surface area contributed by atoms with Crippen molar-refractivity contribution >= 4 is 5.91 Å². The highest BCUT2D eigenvalue weighted by atomic mass is 16.5. The van der Waals surface area contributed by atoms with Crippen LogP contribution in [0, 0.1) is 0 Å². The summed E-state index contributed by atoms with van der Waals surface area (Å²) in [5.74, 6) is 0.185. The summed E-state index contributed by atoms with van der Waals surface area (Å²) in [6.45, 7) is 3.30. The first-order valence-corrected chi connectivity index (χ1v) is 9.79. The second-order valence-corrected chi connectivity index (χ2v) is 8.00. The number of unbranched alkanes of at least 4 members (excludes halogenated alkanes) is 1. The van der Waals surface area contributed by atoms with E-state index < -0.39 is 17.3 Å². The molecule has 1 aromatic carbocycles. The van der Waals surface area contributed by atoms with Crippen molar-refractivity contribution in [2.24, 2.45) is 0 Å². The van der Waals surface area contributed by atoms with Gasteiger partial charge in [-0.3, -0.25) is 4.79 Å². The minimum absolute atomic E-state index is 0.185. The lowest BCUT2D eigenvalue weighted by Gasteiger charge is -2.51. The van der Waals surface area contributed by atoms with Crippen molar-refractivity contribution < 1.29 is 19.7 Å². The van der Waals surface area contributed by atoms with Gasteiger partial charge < -0.3 is 19.8 Å². The highest BCUT2D eigenvalue weighted by molar-refractivity contribution is 5.76. The van der Waals surface area contributed by atoms with Crippen molar-refractivity contribution in [2.75, 3.05) is 19.7 Å². The van der Waals surface area contributed by atoms with Gasteiger partial charge in [0.2, 0.25) is 5.91 Å². The van der Waals surface area contributed by atoms with Gasteiger partial charge in [0.25, 0.3) is 0 Å². The van der Waals surface area contributed by atoms with Gasteiger partial charge in [-0.25, -0.2) is 0 Å². The predicted molar refractivity (Wildman–Crippen MR) is 99.7 cm³/mol. The van der Waals surface area contributed by atoms with E-state index in [-0.39, 0.29) is 5.91 Å². The SMILES string of the molecule is C[C@@]1(O)CCOC2(CCN(C(=O)CCCCc3ccccc3)CC2)[C@H]1O. The van der Waals surface area contributed by atoms with Gasteiger partial charge in [0.05, 0.1) is 12.2 Å². The smallest absolute Gasteiger partial charge is 0.222 e. The summed E-state index contributed by atoms with van der Waals surface area (Å²) in [7, 11) is 0.